The number of aliphatic imine (C=N–C) groups is 1. The van der Waals surface area contributed by atoms with Crippen LogP contribution in [0.25, 0.3) is 0 Å². The smallest absolute Gasteiger partial charge is 0.404 e. The molecule has 0 unspecified atom stereocenters. The zero-order valence-corrected chi connectivity index (χ0v) is 23.5. The second kappa shape index (κ2) is 11.3. The van der Waals surface area contributed by atoms with E-state index < -0.39 is 13.2 Å². The lowest BCUT2D eigenvalue weighted by Gasteiger charge is -2.64. The molecule has 2 amide bonds. The largest absolute Gasteiger partial charge is 0.481 e. The van der Waals surface area contributed by atoms with E-state index in [0.717, 1.165) is 6.42 Å². The van der Waals surface area contributed by atoms with E-state index in [9.17, 15) is 9.59 Å². The van der Waals surface area contributed by atoms with Gasteiger partial charge in [0.1, 0.15) is 11.7 Å². The quantitative estimate of drug-likeness (QED) is 0.126. The summed E-state index contributed by atoms with van der Waals surface area (Å²) in [6, 6.07) is -0.756. The third-order valence-corrected chi connectivity index (χ3v) is 8.93. The van der Waals surface area contributed by atoms with Crippen LogP contribution in [0, 0.1) is 23.2 Å². The van der Waals surface area contributed by atoms with E-state index in [1.165, 1.54) is 18.9 Å². The van der Waals surface area contributed by atoms with Gasteiger partial charge in [-0.25, -0.2) is 4.98 Å². The van der Waals surface area contributed by atoms with Crippen LogP contribution in [0.1, 0.15) is 77.2 Å². The monoisotopic (exact) mass is 529 g/mol. The lowest BCUT2D eigenvalue weighted by molar-refractivity contribution is -0.199. The van der Waals surface area contributed by atoms with Crippen LogP contribution in [-0.2, 0) is 14.1 Å². The van der Waals surface area contributed by atoms with E-state index in [-0.39, 0.29) is 34.9 Å². The van der Waals surface area contributed by atoms with Crippen molar-refractivity contribution in [1.29, 1.82) is 0 Å². The van der Waals surface area contributed by atoms with Crippen molar-refractivity contribution in [3.8, 4) is 0 Å². The molecule has 0 radical (unpaired) electrons. The normalized spacial score (nSPS) is 29.3. The van der Waals surface area contributed by atoms with Crippen LogP contribution >= 0.6 is 0 Å². The number of rotatable bonds is 11. The molecule has 12 heteroatoms. The molecule has 0 aromatic carbocycles. The Balaban J connectivity index is 1.45. The molecule has 6 atom stereocenters. The number of nitrogens with zero attached hydrogens (tertiary/aromatic N) is 2. The van der Waals surface area contributed by atoms with E-state index in [1.807, 2.05) is 0 Å². The highest BCUT2D eigenvalue weighted by Crippen LogP contribution is 2.65. The maximum absolute atomic E-state index is 13.6. The van der Waals surface area contributed by atoms with Gasteiger partial charge in [-0.15, -0.1) is 0 Å². The molecular formula is C26H44BN7O4. The summed E-state index contributed by atoms with van der Waals surface area (Å²) >= 11 is 0. The number of nitrogens with two attached hydrogens (primary N) is 1. The summed E-state index contributed by atoms with van der Waals surface area (Å²) in [7, 11) is 1.07. The molecule has 3 saturated carbocycles. The van der Waals surface area contributed by atoms with Crippen molar-refractivity contribution in [2.24, 2.45) is 33.9 Å². The number of aromatic nitrogens is 2. The van der Waals surface area contributed by atoms with Gasteiger partial charge in [-0.3, -0.25) is 14.6 Å². The Morgan fingerprint density at radius 2 is 2.05 bits per heavy atom. The molecule has 4 fully saturated rings. The van der Waals surface area contributed by atoms with E-state index in [4.69, 9.17) is 15.0 Å². The molecule has 5 rings (SSSR count). The molecule has 3 aliphatic carbocycles. The molecule has 4 aliphatic rings. The average Bonchev–Trinajstić information content (AvgIpc) is 3.52. The lowest BCUT2D eigenvalue weighted by atomic mass is 9.43. The number of amides is 2. The van der Waals surface area contributed by atoms with Gasteiger partial charge in [-0.05, 0) is 62.2 Å². The first-order valence-electron chi connectivity index (χ1n) is 13.8. The number of aromatic amines is 1. The highest BCUT2D eigenvalue weighted by Gasteiger charge is 2.68. The number of hydrogen-bond acceptors (Lipinski definition) is 6. The zero-order valence-electron chi connectivity index (χ0n) is 23.5. The minimum atomic E-state index is -0.756. The van der Waals surface area contributed by atoms with Crippen LogP contribution in [0.4, 0.5) is 0 Å². The molecular weight excluding hydrogens is 485 g/mol. The molecule has 1 saturated heterocycles. The van der Waals surface area contributed by atoms with Gasteiger partial charge in [0.2, 0.25) is 5.91 Å². The number of hydrogen-bond donors (Lipinski definition) is 5. The van der Waals surface area contributed by atoms with Gasteiger partial charge >= 0.3 is 7.12 Å². The fourth-order valence-electron chi connectivity index (χ4n) is 6.59. The predicted molar refractivity (Wildman–Crippen MR) is 146 cm³/mol. The summed E-state index contributed by atoms with van der Waals surface area (Å²) in [6.07, 6.45) is 6.75. The minimum Gasteiger partial charge on any atom is -0.404 e. The number of carbonyl (C=O) groups excluding carboxylic acids is 2. The van der Waals surface area contributed by atoms with Crippen LogP contribution < -0.4 is 21.7 Å². The van der Waals surface area contributed by atoms with E-state index >= 15 is 0 Å². The minimum absolute atomic E-state index is 0.0310. The molecule has 1 aromatic rings. The first-order chi connectivity index (χ1) is 18.0. The van der Waals surface area contributed by atoms with Crippen molar-refractivity contribution >= 4 is 24.9 Å². The van der Waals surface area contributed by atoms with Gasteiger partial charge in [-0.1, -0.05) is 27.7 Å². The Kier molecular flexibility index (Phi) is 8.42. The van der Waals surface area contributed by atoms with Gasteiger partial charge in [0.15, 0.2) is 5.96 Å². The second-order valence-electron chi connectivity index (χ2n) is 12.3. The number of imidazole rings is 1. The number of nitrogens with one attached hydrogen (secondary N) is 4. The molecule has 0 spiro atoms. The zero-order chi connectivity index (χ0) is 27.7. The van der Waals surface area contributed by atoms with Gasteiger partial charge < -0.3 is 36.0 Å². The van der Waals surface area contributed by atoms with Crippen molar-refractivity contribution in [2.75, 3.05) is 13.6 Å². The molecule has 11 nitrogen and oxygen atoms in total. The molecule has 210 valence electrons. The summed E-state index contributed by atoms with van der Waals surface area (Å²) in [5, 5.41) is 9.03. The predicted octanol–water partition coefficient (Wildman–Crippen LogP) is 1.62. The lowest BCUT2D eigenvalue weighted by Crippen LogP contribution is -2.65. The van der Waals surface area contributed by atoms with E-state index in [1.54, 1.807) is 7.05 Å². The summed E-state index contributed by atoms with van der Waals surface area (Å²) in [4.78, 5) is 37.0. The van der Waals surface area contributed by atoms with Crippen LogP contribution in [0.15, 0.2) is 17.5 Å². The summed E-state index contributed by atoms with van der Waals surface area (Å²) in [5.74, 6) is 0.734. The topological polar surface area (TPSA) is 156 Å². The highest BCUT2D eigenvalue weighted by atomic mass is 16.7. The van der Waals surface area contributed by atoms with Crippen molar-refractivity contribution in [2.45, 2.75) is 90.4 Å². The van der Waals surface area contributed by atoms with Crippen LogP contribution in [0.3, 0.4) is 0 Å². The number of guanidine groups is 1. The van der Waals surface area contributed by atoms with Gasteiger partial charge in [0.05, 0.1) is 30.2 Å². The molecule has 1 aliphatic heterocycles. The van der Waals surface area contributed by atoms with E-state index in [0.29, 0.717) is 55.2 Å². The Hall–Kier alpha value is -2.60. The Bertz CT molecular complexity index is 1020. The average molecular weight is 529 g/mol. The summed E-state index contributed by atoms with van der Waals surface area (Å²) < 4.78 is 13.2. The molecule has 6 N–H and O–H groups in total. The molecule has 2 bridgehead atoms. The third kappa shape index (κ3) is 5.71. The van der Waals surface area contributed by atoms with Crippen LogP contribution in [0.5, 0.6) is 0 Å². The van der Waals surface area contributed by atoms with Crippen molar-refractivity contribution in [3.63, 3.8) is 0 Å². The first-order valence-corrected chi connectivity index (χ1v) is 13.8. The fraction of sp³-hybridized carbons (Fsp3) is 0.769. The van der Waals surface area contributed by atoms with E-state index in [2.05, 4.69) is 65.5 Å². The molecule has 2 heterocycles. The summed E-state index contributed by atoms with van der Waals surface area (Å²) in [6.45, 7) is 11.6. The van der Waals surface area contributed by atoms with Crippen molar-refractivity contribution < 1.29 is 18.9 Å². The SMILES string of the molecule is CN=C(N)NCCC[C@H](NC(=O)c1cnc[nH]1)C(=O)N[C@@H](CC(C)C)B1O[C@@H]2C[C@@H]3C[C@@H](C3(C)C)[C@]2(C)O1. The van der Waals surface area contributed by atoms with Crippen molar-refractivity contribution in [1.82, 2.24) is 25.9 Å². The Labute approximate surface area is 226 Å². The molecule has 1 aromatic heterocycles. The second-order valence-corrected chi connectivity index (χ2v) is 12.3. The highest BCUT2D eigenvalue weighted by molar-refractivity contribution is 6.48. The van der Waals surface area contributed by atoms with Crippen LogP contribution in [0.2, 0.25) is 0 Å². The Morgan fingerprint density at radius 1 is 1.29 bits per heavy atom. The molecule has 38 heavy (non-hydrogen) atoms. The maximum Gasteiger partial charge on any atom is 0.481 e. The fourth-order valence-corrected chi connectivity index (χ4v) is 6.59. The number of H-pyrrole nitrogens is 1. The van der Waals surface area contributed by atoms with Gasteiger partial charge in [0, 0.05) is 13.6 Å². The Morgan fingerprint density at radius 3 is 2.68 bits per heavy atom. The summed E-state index contributed by atoms with van der Waals surface area (Å²) in [5.41, 5.74) is 5.89. The first kappa shape index (κ1) is 28.4. The maximum atomic E-state index is 13.6. The standard InChI is InChI=1S/C26H44BN7O4/c1-15(2)10-21(27-37-20-12-16-11-19(25(16,3)4)26(20,5)38-27)34-22(35)17(8-7-9-31-24(28)29-6)33-23(36)18-13-30-14-32-18/h13-17,19-21H,7-12H2,1-6H3,(H,30,32)(H,33,36)(H,34,35)(H3,28,29,31)/t16-,17-,19-,20+,21-,26-/m0/s1. The number of carbonyl (C=O) groups is 2. The van der Waals surface area contributed by atoms with Gasteiger partial charge in [-0.2, -0.15) is 0 Å². The van der Waals surface area contributed by atoms with Gasteiger partial charge in [0.25, 0.3) is 5.91 Å². The third-order valence-electron chi connectivity index (χ3n) is 8.93. The van der Waals surface area contributed by atoms with Crippen molar-refractivity contribution in [3.05, 3.63) is 18.2 Å². The van der Waals surface area contributed by atoms with Crippen LogP contribution in [-0.4, -0.2) is 72.1 Å².